The summed E-state index contributed by atoms with van der Waals surface area (Å²) in [4.78, 5) is 40.8. The van der Waals surface area contributed by atoms with E-state index < -0.39 is 23.0 Å². The molecule has 2 amide bonds. The number of amides is 2. The third kappa shape index (κ3) is 4.37. The molecule has 4 rings (SSSR count). The first-order valence-corrected chi connectivity index (χ1v) is 11.4. The van der Waals surface area contributed by atoms with Crippen LogP contribution in [0.1, 0.15) is 57.7 Å². The maximum atomic E-state index is 13.3. The zero-order chi connectivity index (χ0) is 24.4. The van der Waals surface area contributed by atoms with E-state index in [9.17, 15) is 23.9 Å². The van der Waals surface area contributed by atoms with E-state index in [1.165, 1.54) is 23.0 Å². The number of aromatic nitrogens is 1. The van der Waals surface area contributed by atoms with Crippen LogP contribution in [-0.2, 0) is 11.3 Å². The lowest BCUT2D eigenvalue weighted by atomic mass is 10.0. The van der Waals surface area contributed by atoms with Gasteiger partial charge >= 0.3 is 0 Å². The summed E-state index contributed by atoms with van der Waals surface area (Å²) < 4.78 is 19.9. The topological polar surface area (TPSA) is 104 Å². The van der Waals surface area contributed by atoms with Gasteiger partial charge in [-0.1, -0.05) is 6.07 Å². The summed E-state index contributed by atoms with van der Waals surface area (Å²) >= 11 is 0. The Morgan fingerprint density at radius 2 is 2.09 bits per heavy atom. The minimum absolute atomic E-state index is 0.0887. The largest absolute Gasteiger partial charge is 0.502 e. The first-order valence-electron chi connectivity index (χ1n) is 11.4. The Morgan fingerprint density at radius 1 is 1.29 bits per heavy atom. The van der Waals surface area contributed by atoms with Gasteiger partial charge in [0.15, 0.2) is 11.4 Å². The second-order valence-electron chi connectivity index (χ2n) is 8.65. The van der Waals surface area contributed by atoms with Crippen LogP contribution in [0.25, 0.3) is 0 Å². The van der Waals surface area contributed by atoms with Crippen LogP contribution in [0, 0.1) is 12.7 Å². The van der Waals surface area contributed by atoms with E-state index in [0.717, 1.165) is 19.3 Å². The Bertz CT molecular complexity index is 1160. The number of carbonyl (C=O) groups excluding carboxylic acids is 2. The SMILES string of the molecule is COCCCN1C(=O)c2c(O)c(=O)c(C(=O)NCc3ccc(F)cc3C)cn2N2CCCC[C@@H]12. The number of nitrogens with one attached hydrogen (secondary N) is 1. The third-order valence-corrected chi connectivity index (χ3v) is 6.44. The van der Waals surface area contributed by atoms with E-state index in [2.05, 4.69) is 5.32 Å². The number of benzene rings is 1. The van der Waals surface area contributed by atoms with Crippen LogP contribution in [0.4, 0.5) is 4.39 Å². The molecule has 34 heavy (non-hydrogen) atoms. The number of hydrogen-bond acceptors (Lipinski definition) is 6. The molecule has 1 saturated heterocycles. The normalized spacial score (nSPS) is 17.4. The van der Waals surface area contributed by atoms with Gasteiger partial charge in [-0.15, -0.1) is 0 Å². The maximum absolute atomic E-state index is 13.3. The first kappa shape index (κ1) is 23.7. The summed E-state index contributed by atoms with van der Waals surface area (Å²) in [5.74, 6) is -2.23. The Kier molecular flexibility index (Phi) is 6.87. The van der Waals surface area contributed by atoms with E-state index >= 15 is 0 Å². The number of rotatable bonds is 7. The predicted octanol–water partition coefficient (Wildman–Crippen LogP) is 1.87. The molecule has 2 N–H and O–H groups in total. The van der Waals surface area contributed by atoms with Crippen molar-refractivity contribution in [3.8, 4) is 5.75 Å². The molecule has 1 atom stereocenters. The molecule has 1 aromatic carbocycles. The summed E-state index contributed by atoms with van der Waals surface area (Å²) in [5, 5.41) is 15.3. The zero-order valence-corrected chi connectivity index (χ0v) is 19.3. The number of methoxy groups -OCH3 is 1. The van der Waals surface area contributed by atoms with E-state index in [1.54, 1.807) is 25.0 Å². The van der Waals surface area contributed by atoms with Crippen molar-refractivity contribution in [2.24, 2.45) is 0 Å². The number of ether oxygens (including phenoxy) is 1. The Balaban J connectivity index is 1.65. The number of pyridine rings is 1. The number of piperidine rings is 1. The second kappa shape index (κ2) is 9.84. The Hall–Kier alpha value is -3.40. The van der Waals surface area contributed by atoms with Crippen molar-refractivity contribution in [2.75, 3.05) is 31.8 Å². The van der Waals surface area contributed by atoms with Gasteiger partial charge in [-0.05, 0) is 55.9 Å². The lowest BCUT2D eigenvalue weighted by Crippen LogP contribution is -2.63. The fraction of sp³-hybridized carbons (Fsp3) is 0.458. The Labute approximate surface area is 196 Å². The van der Waals surface area contributed by atoms with E-state index in [4.69, 9.17) is 4.74 Å². The van der Waals surface area contributed by atoms with Crippen LogP contribution in [0.3, 0.4) is 0 Å². The van der Waals surface area contributed by atoms with Crippen molar-refractivity contribution < 1.29 is 23.8 Å². The van der Waals surface area contributed by atoms with Crippen LogP contribution in [-0.4, -0.2) is 59.5 Å². The molecule has 9 nitrogen and oxygen atoms in total. The van der Waals surface area contributed by atoms with Crippen LogP contribution >= 0.6 is 0 Å². The maximum Gasteiger partial charge on any atom is 0.278 e. The van der Waals surface area contributed by atoms with Crippen molar-refractivity contribution in [3.05, 3.63) is 62.8 Å². The predicted molar refractivity (Wildman–Crippen MR) is 123 cm³/mol. The molecule has 0 bridgehead atoms. The smallest absolute Gasteiger partial charge is 0.278 e. The summed E-state index contributed by atoms with van der Waals surface area (Å²) in [7, 11) is 1.59. The lowest BCUT2D eigenvalue weighted by Gasteiger charge is -2.49. The fourth-order valence-electron chi connectivity index (χ4n) is 4.65. The number of halogens is 1. The highest BCUT2D eigenvalue weighted by atomic mass is 19.1. The highest BCUT2D eigenvalue weighted by Crippen LogP contribution is 2.29. The van der Waals surface area contributed by atoms with Gasteiger partial charge in [-0.25, -0.2) is 4.39 Å². The molecule has 0 saturated carbocycles. The molecule has 2 aliphatic heterocycles. The molecule has 1 aromatic heterocycles. The van der Waals surface area contributed by atoms with Crippen LogP contribution < -0.4 is 15.8 Å². The first-order chi connectivity index (χ1) is 16.3. The average molecular weight is 473 g/mol. The van der Waals surface area contributed by atoms with Gasteiger partial charge in [0, 0.05) is 39.5 Å². The number of aryl methyl sites for hydroxylation is 1. The zero-order valence-electron chi connectivity index (χ0n) is 19.3. The molecular weight excluding hydrogens is 443 g/mol. The quantitative estimate of drug-likeness (QED) is 0.597. The fourth-order valence-corrected chi connectivity index (χ4v) is 4.65. The van der Waals surface area contributed by atoms with Gasteiger partial charge < -0.3 is 20.1 Å². The molecular formula is C24H29FN4O5. The molecule has 0 unspecified atom stereocenters. The highest BCUT2D eigenvalue weighted by Gasteiger charge is 2.41. The average Bonchev–Trinajstić information content (AvgIpc) is 2.82. The van der Waals surface area contributed by atoms with Crippen molar-refractivity contribution in [3.63, 3.8) is 0 Å². The van der Waals surface area contributed by atoms with Crippen LogP contribution in [0.15, 0.2) is 29.2 Å². The van der Waals surface area contributed by atoms with E-state index in [0.29, 0.717) is 37.2 Å². The molecule has 3 heterocycles. The molecule has 0 aliphatic carbocycles. The van der Waals surface area contributed by atoms with Gasteiger partial charge in [0.05, 0.1) is 0 Å². The summed E-state index contributed by atoms with van der Waals surface area (Å²) in [6, 6.07) is 4.23. The molecule has 182 valence electrons. The standard InChI is InChI=1S/C24H29FN4O5/c1-15-12-17(25)8-7-16(15)13-26-23(32)18-14-29-20(22(31)21(18)30)24(33)27(9-5-11-34-2)19-6-3-4-10-28(19)29/h7-8,12,14,19,31H,3-6,9-11,13H2,1-2H3,(H,26,32)/t19-/m0/s1. The molecule has 1 fully saturated rings. The monoisotopic (exact) mass is 472 g/mol. The highest BCUT2D eigenvalue weighted by molar-refractivity contribution is 5.99. The Morgan fingerprint density at radius 3 is 2.82 bits per heavy atom. The lowest BCUT2D eigenvalue weighted by molar-refractivity contribution is 0.0491. The van der Waals surface area contributed by atoms with Crippen molar-refractivity contribution in [1.29, 1.82) is 0 Å². The van der Waals surface area contributed by atoms with Crippen LogP contribution in [0.2, 0.25) is 0 Å². The number of hydrogen-bond donors (Lipinski definition) is 2. The number of aromatic hydroxyl groups is 1. The number of fused-ring (bicyclic) bond motifs is 3. The van der Waals surface area contributed by atoms with Crippen molar-refractivity contribution in [1.82, 2.24) is 14.9 Å². The second-order valence-corrected chi connectivity index (χ2v) is 8.65. The van der Waals surface area contributed by atoms with Gasteiger partial charge in [0.25, 0.3) is 11.8 Å². The summed E-state index contributed by atoms with van der Waals surface area (Å²) in [6.07, 6.45) is 4.31. The molecule has 10 heteroatoms. The number of nitrogens with zero attached hydrogens (tertiary/aromatic N) is 3. The van der Waals surface area contributed by atoms with Gasteiger partial charge in [-0.3, -0.25) is 24.1 Å². The van der Waals surface area contributed by atoms with Crippen LogP contribution in [0.5, 0.6) is 5.75 Å². The van der Waals surface area contributed by atoms with E-state index in [1.807, 2.05) is 5.01 Å². The van der Waals surface area contributed by atoms with Crippen molar-refractivity contribution in [2.45, 2.75) is 45.3 Å². The molecule has 2 aromatic rings. The summed E-state index contributed by atoms with van der Waals surface area (Å²) in [5.41, 5.74) is 0.0772. The van der Waals surface area contributed by atoms with Gasteiger partial charge in [-0.2, -0.15) is 0 Å². The van der Waals surface area contributed by atoms with Gasteiger partial charge in [0.1, 0.15) is 17.5 Å². The number of carbonyl (C=O) groups is 2. The van der Waals surface area contributed by atoms with E-state index in [-0.39, 0.29) is 29.8 Å². The van der Waals surface area contributed by atoms with Crippen molar-refractivity contribution >= 4 is 11.8 Å². The third-order valence-electron chi connectivity index (χ3n) is 6.44. The molecule has 2 aliphatic rings. The van der Waals surface area contributed by atoms with Gasteiger partial charge in [0.2, 0.25) is 5.43 Å². The molecule has 0 radical (unpaired) electrons. The molecule has 0 spiro atoms. The minimum atomic E-state index is -0.903. The minimum Gasteiger partial charge on any atom is -0.502 e. The summed E-state index contributed by atoms with van der Waals surface area (Å²) in [6.45, 7) is 3.35.